The fraction of sp³-hybridized carbons (Fsp3) is 0.500. The van der Waals surface area contributed by atoms with Crippen molar-refractivity contribution < 1.29 is 14.3 Å². The standard InChI is InChI=1S/C16H23N3O3/c1-22-16(21)17-8-7-15(20)19-11-9-18(10-12-19)13-14-5-3-2-4-6-14/h2-6H,7-13H2,1H3,(H,17,21). The number of benzene rings is 1. The Morgan fingerprint density at radius 3 is 2.45 bits per heavy atom. The highest BCUT2D eigenvalue weighted by molar-refractivity contribution is 5.77. The lowest BCUT2D eigenvalue weighted by Gasteiger charge is -2.34. The monoisotopic (exact) mass is 305 g/mol. The predicted molar refractivity (Wildman–Crippen MR) is 83.3 cm³/mol. The summed E-state index contributed by atoms with van der Waals surface area (Å²) in [6, 6.07) is 10.3. The molecule has 0 radical (unpaired) electrons. The lowest BCUT2D eigenvalue weighted by Crippen LogP contribution is -2.48. The number of alkyl carbamates (subject to hydrolysis) is 1. The number of ether oxygens (including phenoxy) is 1. The molecular weight excluding hydrogens is 282 g/mol. The molecule has 1 heterocycles. The Labute approximate surface area is 131 Å². The number of methoxy groups -OCH3 is 1. The van der Waals surface area contributed by atoms with Gasteiger partial charge < -0.3 is 15.0 Å². The van der Waals surface area contributed by atoms with Gasteiger partial charge in [-0.05, 0) is 5.56 Å². The Hall–Kier alpha value is -2.08. The number of piperazine rings is 1. The average Bonchev–Trinajstić information content (AvgIpc) is 2.56. The van der Waals surface area contributed by atoms with Crippen molar-refractivity contribution in [2.75, 3.05) is 39.8 Å². The zero-order valence-corrected chi connectivity index (χ0v) is 13.0. The average molecular weight is 305 g/mol. The van der Waals surface area contributed by atoms with Crippen molar-refractivity contribution >= 4 is 12.0 Å². The van der Waals surface area contributed by atoms with Crippen molar-refractivity contribution in [2.24, 2.45) is 0 Å². The molecule has 2 rings (SSSR count). The molecule has 1 saturated heterocycles. The SMILES string of the molecule is COC(=O)NCCC(=O)N1CCN(Cc2ccccc2)CC1. The van der Waals surface area contributed by atoms with Gasteiger partial charge >= 0.3 is 6.09 Å². The van der Waals surface area contributed by atoms with Gasteiger partial charge in [0.25, 0.3) is 0 Å². The van der Waals surface area contributed by atoms with Gasteiger partial charge in [-0.2, -0.15) is 0 Å². The quantitative estimate of drug-likeness (QED) is 0.884. The fourth-order valence-corrected chi connectivity index (χ4v) is 2.50. The van der Waals surface area contributed by atoms with Gasteiger partial charge in [-0.25, -0.2) is 4.79 Å². The maximum atomic E-state index is 12.0. The largest absolute Gasteiger partial charge is 0.453 e. The van der Waals surface area contributed by atoms with E-state index in [0.717, 1.165) is 32.7 Å². The van der Waals surface area contributed by atoms with E-state index < -0.39 is 6.09 Å². The second kappa shape index (κ2) is 8.38. The molecule has 0 aromatic heterocycles. The lowest BCUT2D eigenvalue weighted by atomic mass is 10.2. The second-order valence-electron chi connectivity index (χ2n) is 5.31. The first-order chi connectivity index (χ1) is 10.7. The van der Waals surface area contributed by atoms with Crippen LogP contribution in [-0.2, 0) is 16.1 Å². The van der Waals surface area contributed by atoms with Crippen LogP contribution in [-0.4, -0.2) is 61.6 Å². The van der Waals surface area contributed by atoms with Crippen LogP contribution in [0.4, 0.5) is 4.79 Å². The highest BCUT2D eigenvalue weighted by atomic mass is 16.5. The normalized spacial score (nSPS) is 15.4. The number of hydrogen-bond donors (Lipinski definition) is 1. The van der Waals surface area contributed by atoms with E-state index in [-0.39, 0.29) is 5.91 Å². The summed E-state index contributed by atoms with van der Waals surface area (Å²) in [7, 11) is 1.31. The first-order valence-electron chi connectivity index (χ1n) is 7.55. The van der Waals surface area contributed by atoms with Gasteiger partial charge in [0.15, 0.2) is 0 Å². The van der Waals surface area contributed by atoms with Crippen LogP contribution in [0, 0.1) is 0 Å². The zero-order valence-electron chi connectivity index (χ0n) is 13.0. The van der Waals surface area contributed by atoms with Gasteiger partial charge in [0.1, 0.15) is 0 Å². The van der Waals surface area contributed by atoms with Crippen LogP contribution in [0.25, 0.3) is 0 Å². The maximum absolute atomic E-state index is 12.0. The topological polar surface area (TPSA) is 61.9 Å². The molecule has 1 N–H and O–H groups in total. The van der Waals surface area contributed by atoms with E-state index >= 15 is 0 Å². The van der Waals surface area contributed by atoms with Gasteiger partial charge in [-0.3, -0.25) is 9.69 Å². The Balaban J connectivity index is 1.68. The predicted octanol–water partition coefficient (Wildman–Crippen LogP) is 1.08. The Morgan fingerprint density at radius 2 is 1.82 bits per heavy atom. The van der Waals surface area contributed by atoms with Crippen molar-refractivity contribution in [1.82, 2.24) is 15.1 Å². The zero-order chi connectivity index (χ0) is 15.8. The third kappa shape index (κ3) is 5.04. The summed E-state index contributed by atoms with van der Waals surface area (Å²) in [5.41, 5.74) is 1.30. The number of hydrogen-bond acceptors (Lipinski definition) is 4. The number of rotatable bonds is 5. The molecule has 1 fully saturated rings. The molecule has 0 saturated carbocycles. The molecule has 120 valence electrons. The van der Waals surface area contributed by atoms with E-state index in [0.29, 0.717) is 13.0 Å². The first kappa shape index (κ1) is 16.3. The van der Waals surface area contributed by atoms with Gasteiger partial charge in [0.2, 0.25) is 5.91 Å². The van der Waals surface area contributed by atoms with E-state index in [1.54, 1.807) is 0 Å². The minimum atomic E-state index is -0.500. The minimum Gasteiger partial charge on any atom is -0.453 e. The summed E-state index contributed by atoms with van der Waals surface area (Å²) >= 11 is 0. The van der Waals surface area contributed by atoms with Gasteiger partial charge in [-0.15, -0.1) is 0 Å². The second-order valence-corrected chi connectivity index (χ2v) is 5.31. The van der Waals surface area contributed by atoms with Crippen LogP contribution in [0.3, 0.4) is 0 Å². The van der Waals surface area contributed by atoms with Crippen molar-refractivity contribution in [1.29, 1.82) is 0 Å². The van der Waals surface area contributed by atoms with Crippen molar-refractivity contribution in [3.05, 3.63) is 35.9 Å². The molecule has 22 heavy (non-hydrogen) atoms. The van der Waals surface area contributed by atoms with Crippen LogP contribution in [0.5, 0.6) is 0 Å². The van der Waals surface area contributed by atoms with Crippen LogP contribution in [0.1, 0.15) is 12.0 Å². The molecular formula is C16H23N3O3. The van der Waals surface area contributed by atoms with E-state index in [4.69, 9.17) is 0 Å². The van der Waals surface area contributed by atoms with Crippen LogP contribution < -0.4 is 5.32 Å². The summed E-state index contributed by atoms with van der Waals surface area (Å²) in [5.74, 6) is 0.0794. The van der Waals surface area contributed by atoms with Crippen molar-refractivity contribution in [2.45, 2.75) is 13.0 Å². The molecule has 1 aliphatic rings. The smallest absolute Gasteiger partial charge is 0.406 e. The summed E-state index contributed by atoms with van der Waals surface area (Å²) in [4.78, 5) is 27.2. The molecule has 0 atom stereocenters. The van der Waals surface area contributed by atoms with Gasteiger partial charge in [0.05, 0.1) is 7.11 Å². The number of carbonyl (C=O) groups excluding carboxylic acids is 2. The molecule has 2 amide bonds. The molecule has 6 nitrogen and oxygen atoms in total. The van der Waals surface area contributed by atoms with E-state index in [1.807, 2.05) is 23.1 Å². The summed E-state index contributed by atoms with van der Waals surface area (Å²) < 4.78 is 4.47. The molecule has 0 unspecified atom stereocenters. The number of nitrogens with one attached hydrogen (secondary N) is 1. The summed E-state index contributed by atoms with van der Waals surface area (Å²) in [5, 5.41) is 2.52. The number of amides is 2. The van der Waals surface area contributed by atoms with Crippen molar-refractivity contribution in [3.8, 4) is 0 Å². The van der Waals surface area contributed by atoms with Gasteiger partial charge in [-0.1, -0.05) is 30.3 Å². The Kier molecular flexibility index (Phi) is 6.21. The van der Waals surface area contributed by atoms with E-state index in [9.17, 15) is 9.59 Å². The summed E-state index contributed by atoms with van der Waals surface area (Å²) in [6.45, 7) is 4.48. The van der Waals surface area contributed by atoms with Crippen LogP contribution >= 0.6 is 0 Å². The lowest BCUT2D eigenvalue weighted by molar-refractivity contribution is -0.132. The molecule has 6 heteroatoms. The Bertz CT molecular complexity index is 485. The fourth-order valence-electron chi connectivity index (χ4n) is 2.50. The minimum absolute atomic E-state index is 0.0794. The number of carbonyl (C=O) groups is 2. The highest BCUT2D eigenvalue weighted by Crippen LogP contribution is 2.09. The van der Waals surface area contributed by atoms with Crippen molar-refractivity contribution in [3.63, 3.8) is 0 Å². The molecule has 1 aromatic rings. The maximum Gasteiger partial charge on any atom is 0.406 e. The molecule has 1 aromatic carbocycles. The molecule has 0 bridgehead atoms. The number of nitrogens with zero attached hydrogens (tertiary/aromatic N) is 2. The van der Waals surface area contributed by atoms with Crippen LogP contribution in [0.2, 0.25) is 0 Å². The highest BCUT2D eigenvalue weighted by Gasteiger charge is 2.20. The third-order valence-corrected chi connectivity index (χ3v) is 3.77. The van der Waals surface area contributed by atoms with Crippen LogP contribution in [0.15, 0.2) is 30.3 Å². The summed E-state index contributed by atoms with van der Waals surface area (Å²) in [6.07, 6.45) is -0.186. The molecule has 1 aliphatic heterocycles. The van der Waals surface area contributed by atoms with Gasteiger partial charge in [0, 0.05) is 45.7 Å². The molecule has 0 spiro atoms. The first-order valence-corrected chi connectivity index (χ1v) is 7.55. The van der Waals surface area contributed by atoms with E-state index in [1.165, 1.54) is 12.7 Å². The Morgan fingerprint density at radius 1 is 1.14 bits per heavy atom. The molecule has 0 aliphatic carbocycles. The van der Waals surface area contributed by atoms with E-state index in [2.05, 4.69) is 27.1 Å². The third-order valence-electron chi connectivity index (χ3n) is 3.77.